The first kappa shape index (κ1) is 51.6. The first-order valence-electron chi connectivity index (χ1n) is 24.0. The summed E-state index contributed by atoms with van der Waals surface area (Å²) in [5, 5.41) is 8.36. The van der Waals surface area contributed by atoms with E-state index < -0.39 is 20.8 Å². The van der Waals surface area contributed by atoms with Crippen molar-refractivity contribution in [1.82, 2.24) is 0 Å². The molecule has 66 heavy (non-hydrogen) atoms. The zero-order chi connectivity index (χ0) is 48.0. The second-order valence-corrected chi connectivity index (χ2v) is 25.0. The Hall–Kier alpha value is -3.78. The second-order valence-electron chi connectivity index (χ2n) is 20.0. The van der Waals surface area contributed by atoms with E-state index in [-0.39, 0.29) is 0 Å². The van der Waals surface area contributed by atoms with Crippen molar-refractivity contribution in [2.75, 3.05) is 0 Å². The van der Waals surface area contributed by atoms with Gasteiger partial charge in [0.15, 0.2) is 0 Å². The number of aryl methyl sites for hydroxylation is 2. The molecule has 0 saturated carbocycles. The number of benzene rings is 6. The molecule has 0 saturated heterocycles. The molecule has 1 heterocycles. The van der Waals surface area contributed by atoms with E-state index in [0.29, 0.717) is 35.5 Å². The average molecular weight is 1000 g/mol. The molecule has 0 bridgehead atoms. The third kappa shape index (κ3) is 12.1. The van der Waals surface area contributed by atoms with Gasteiger partial charge < -0.3 is 0 Å². The van der Waals surface area contributed by atoms with Crippen LogP contribution in [0.25, 0.3) is 54.9 Å². The Morgan fingerprint density at radius 1 is 0.470 bits per heavy atom. The van der Waals surface area contributed by atoms with Crippen LogP contribution in [0.2, 0.25) is 0 Å². The Labute approximate surface area is 419 Å². The topological polar surface area (TPSA) is 0 Å². The molecule has 0 N–H and O–H groups in total. The monoisotopic (exact) mass is 1000 g/mol. The average Bonchev–Trinajstić information content (AvgIpc) is 4.03. The van der Waals surface area contributed by atoms with Crippen LogP contribution in [-0.4, -0.2) is 9.52 Å². The molecule has 8 aromatic carbocycles. The number of fused-ring (bicyclic) bond motifs is 5. The molecule has 0 spiro atoms. The standard InChI is InChI=1S/2C25H31.C12H7Si.2ClH.Zr/c2*1-15(2)20-11-21(16(3)4)13-23(12-20)25-18(7)8-9-19-10-22(17(5)6)14-24(19)25;1-3-7-11-9(5-1)10-6-2-4-8-12(10)13-11;;;/h2*8-17H,1-7H3;1-7H;2*1H;/q3*-1;;;+2/p-2. The minimum Gasteiger partial charge on any atom is -0.184 e. The van der Waals surface area contributed by atoms with Crippen LogP contribution in [0.3, 0.4) is 0 Å². The van der Waals surface area contributed by atoms with Gasteiger partial charge in [-0.25, -0.2) is 0 Å². The molecule has 0 unspecified atom stereocenters. The minimum absolute atomic E-state index is 0.544. The maximum Gasteiger partial charge on any atom is 0.0920 e. The van der Waals surface area contributed by atoms with E-state index in [1.54, 1.807) is 0 Å². The maximum absolute atomic E-state index is 4.93. The van der Waals surface area contributed by atoms with Gasteiger partial charge >= 0.3 is 37.9 Å². The van der Waals surface area contributed by atoms with Crippen LogP contribution in [0.4, 0.5) is 0 Å². The van der Waals surface area contributed by atoms with Crippen LogP contribution in [0.15, 0.2) is 127 Å². The molecule has 4 heteroatoms. The molecule has 0 aliphatic carbocycles. The normalized spacial score (nSPS) is 11.8. The van der Waals surface area contributed by atoms with Crippen molar-refractivity contribution < 1.29 is 20.8 Å². The first-order valence-corrected chi connectivity index (χ1v) is 31.3. The quantitative estimate of drug-likeness (QED) is 0.105. The summed E-state index contributed by atoms with van der Waals surface area (Å²) >= 11 is -0.826. The van der Waals surface area contributed by atoms with Crippen molar-refractivity contribution >= 4 is 58.5 Å². The molecular weight excluding hydrogens is 935 g/mol. The molecule has 0 fully saturated rings. The number of rotatable bonds is 8. The van der Waals surface area contributed by atoms with E-state index in [9.17, 15) is 0 Å². The molecule has 0 nitrogen and oxygen atoms in total. The van der Waals surface area contributed by atoms with Gasteiger partial charge in [0.25, 0.3) is 0 Å². The number of hydrogen-bond acceptors (Lipinski definition) is 0. The summed E-state index contributed by atoms with van der Waals surface area (Å²) in [6.07, 6.45) is 0. The fraction of sp³-hybridized carbons (Fsp3) is 0.323. The van der Waals surface area contributed by atoms with E-state index >= 15 is 0 Å². The Morgan fingerprint density at radius 3 is 1.26 bits per heavy atom. The third-order valence-electron chi connectivity index (χ3n) is 13.1. The predicted molar refractivity (Wildman–Crippen MR) is 291 cm³/mol. The molecule has 342 valence electrons. The fourth-order valence-electron chi connectivity index (χ4n) is 8.96. The SMILES string of the molecule is Cc1ccc2[cH-]c(C(C)C)cc2c1-c1cc(C(C)C)cc(C(C)C)c1.Cc1ccc2[cH-]c(C(C)C)cc2c1-c1cc(C(C)C)cc(C(C)C)c1.[Cl][Zr][Cl].[c-]1cccc2c1[Si]c1ccccc1-2. The smallest absolute Gasteiger partial charge is 0.0920 e. The predicted octanol–water partition coefficient (Wildman–Crippen LogP) is 18.3. The van der Waals surface area contributed by atoms with E-state index in [4.69, 9.17) is 17.0 Å². The summed E-state index contributed by atoms with van der Waals surface area (Å²) in [5.74, 6) is 3.30. The summed E-state index contributed by atoms with van der Waals surface area (Å²) in [4.78, 5) is 0. The Balaban J connectivity index is 0.000000166. The van der Waals surface area contributed by atoms with Crippen molar-refractivity contribution in [3.63, 3.8) is 0 Å². The van der Waals surface area contributed by atoms with Gasteiger partial charge in [0.1, 0.15) is 0 Å². The molecule has 1 aliphatic heterocycles. The van der Waals surface area contributed by atoms with Gasteiger partial charge in [-0.3, -0.25) is 0 Å². The second kappa shape index (κ2) is 23.0. The van der Waals surface area contributed by atoms with Crippen molar-refractivity contribution in [2.45, 2.75) is 132 Å². The fourth-order valence-corrected chi connectivity index (χ4v) is 10.3. The summed E-state index contributed by atoms with van der Waals surface area (Å²) < 4.78 is 0. The molecule has 0 amide bonds. The molecule has 0 aromatic heterocycles. The molecule has 0 atom stereocenters. The van der Waals surface area contributed by atoms with Gasteiger partial charge in [0, 0.05) is 0 Å². The summed E-state index contributed by atoms with van der Waals surface area (Å²) in [6, 6.07) is 51.2. The molecule has 8 aromatic rings. The van der Waals surface area contributed by atoms with Gasteiger partial charge in [-0.2, -0.15) is 41.6 Å². The summed E-state index contributed by atoms with van der Waals surface area (Å²) in [6.45, 7) is 31.9. The Bertz CT molecular complexity index is 2640. The van der Waals surface area contributed by atoms with Gasteiger partial charge in [0.2, 0.25) is 0 Å². The Kier molecular flexibility index (Phi) is 18.0. The van der Waals surface area contributed by atoms with E-state index in [0.717, 1.165) is 9.52 Å². The maximum atomic E-state index is 4.93. The van der Waals surface area contributed by atoms with Crippen molar-refractivity contribution in [1.29, 1.82) is 0 Å². The van der Waals surface area contributed by atoms with Gasteiger partial charge in [0.05, 0.1) is 9.52 Å². The zero-order valence-corrected chi connectivity index (χ0v) is 46.8. The van der Waals surface area contributed by atoms with Crippen molar-refractivity contribution in [3.05, 3.63) is 178 Å². The summed E-state index contributed by atoms with van der Waals surface area (Å²) in [5.41, 5.74) is 19.7. The number of hydrogen-bond donors (Lipinski definition) is 0. The summed E-state index contributed by atoms with van der Waals surface area (Å²) in [7, 11) is 10.7. The van der Waals surface area contributed by atoms with Crippen molar-refractivity contribution in [2.24, 2.45) is 0 Å². The van der Waals surface area contributed by atoms with E-state index in [1.807, 2.05) is 6.07 Å². The van der Waals surface area contributed by atoms with E-state index in [2.05, 4.69) is 224 Å². The van der Waals surface area contributed by atoms with Gasteiger partial charge in [-0.15, -0.1) is 74.6 Å². The van der Waals surface area contributed by atoms with Crippen molar-refractivity contribution in [3.8, 4) is 33.4 Å². The van der Waals surface area contributed by atoms with Crippen LogP contribution >= 0.6 is 17.0 Å². The zero-order valence-electron chi connectivity index (χ0n) is 41.8. The van der Waals surface area contributed by atoms with Crippen LogP contribution in [0.5, 0.6) is 0 Å². The molecule has 1 aliphatic rings. The molecule has 9 rings (SSSR count). The minimum atomic E-state index is -0.826. The molecule has 2 radical (unpaired) electrons. The van der Waals surface area contributed by atoms with Crippen LogP contribution in [-0.2, 0) is 20.8 Å². The number of halogens is 2. The third-order valence-corrected chi connectivity index (χ3v) is 14.5. The Morgan fingerprint density at radius 2 is 0.864 bits per heavy atom. The van der Waals surface area contributed by atoms with Crippen LogP contribution < -0.4 is 10.4 Å². The van der Waals surface area contributed by atoms with Gasteiger partial charge in [-0.05, 0) is 82.7 Å². The van der Waals surface area contributed by atoms with Crippen LogP contribution in [0.1, 0.15) is 163 Å². The van der Waals surface area contributed by atoms with Gasteiger partial charge in [-0.1, -0.05) is 177 Å². The largest absolute Gasteiger partial charge is 0.184 e. The first-order chi connectivity index (χ1) is 31.4. The molecular formula is C62H69Cl2SiZr-3. The van der Waals surface area contributed by atoms with E-state index in [1.165, 1.54) is 110 Å². The van der Waals surface area contributed by atoms with Crippen LogP contribution in [0, 0.1) is 19.9 Å².